The molecule has 48 valence electrons. The molecule has 0 aromatic rings. The molecule has 0 radical (unpaired) electrons. The highest BCUT2D eigenvalue weighted by atomic mass is 16.4. The highest BCUT2D eigenvalue weighted by molar-refractivity contribution is 5.66. The molecule has 2 nitrogen and oxygen atoms in total. The van der Waals surface area contributed by atoms with Crippen LogP contribution in [0.3, 0.4) is 0 Å². The molecule has 0 amide bonds. The summed E-state index contributed by atoms with van der Waals surface area (Å²) in [6.07, 6.45) is -6.82. The quantitative estimate of drug-likeness (QED) is 0.619. The molecule has 8 heavy (non-hydrogen) atoms. The topological polar surface area (TPSA) is 37.3 Å². The van der Waals surface area contributed by atoms with Crippen LogP contribution in [0, 0.1) is 5.89 Å². The van der Waals surface area contributed by atoms with E-state index in [1.807, 2.05) is 0 Å². The van der Waals surface area contributed by atoms with Crippen molar-refractivity contribution in [2.75, 3.05) is 0 Å². The monoisotopic (exact) mass is 124 g/mol. The van der Waals surface area contributed by atoms with E-state index in [1.165, 1.54) is 0 Å². The zero-order valence-corrected chi connectivity index (χ0v) is 4.36. The summed E-state index contributed by atoms with van der Waals surface area (Å²) in [5.41, 5.74) is 0. The molecular weight excluding hydrogens is 104 g/mol. The van der Waals surface area contributed by atoms with Crippen molar-refractivity contribution in [3.05, 3.63) is 0 Å². The molecule has 0 spiro atoms. The van der Waals surface area contributed by atoms with Gasteiger partial charge >= 0.3 is 5.97 Å². The normalized spacial score (nSPS) is 37.1. The molecule has 1 unspecified atom stereocenters. The highest BCUT2D eigenvalue weighted by Crippen LogP contribution is 2.01. The largest absolute Gasteiger partial charge is 0.481 e. The molecule has 0 saturated heterocycles. The van der Waals surface area contributed by atoms with Crippen LogP contribution in [0.15, 0.2) is 0 Å². The Bertz CT molecular complexity index is 291. The van der Waals surface area contributed by atoms with Crippen molar-refractivity contribution in [3.8, 4) is 0 Å². The Hall–Kier alpha value is -0.530. The second-order valence-electron chi connectivity index (χ2n) is 1.18. The van der Waals surface area contributed by atoms with E-state index in [0.717, 1.165) is 0 Å². The van der Waals surface area contributed by atoms with Crippen molar-refractivity contribution < 1.29 is 20.9 Å². The maximum absolute atomic E-state index is 10.6. The second kappa shape index (κ2) is 3.47. The van der Waals surface area contributed by atoms with Crippen LogP contribution in [0.5, 0.6) is 0 Å². The first kappa shape index (κ1) is 1.49. The lowest BCUT2D eigenvalue weighted by molar-refractivity contribution is -0.137. The first-order chi connectivity index (χ1) is 6.69. The molecule has 1 atom stereocenters. The SMILES string of the molecule is [2H]C([2H])([2H])C([2H])(C)C([2H])([2H])C([2H])([2H])C(=O)O. The van der Waals surface area contributed by atoms with E-state index in [2.05, 4.69) is 0 Å². The molecular formula is C6H12O2. The average Bonchev–Trinajstić information content (AvgIpc) is 2.00. The lowest BCUT2D eigenvalue weighted by atomic mass is 10.1. The van der Waals surface area contributed by atoms with Gasteiger partial charge in [-0.25, -0.2) is 0 Å². The van der Waals surface area contributed by atoms with E-state index in [1.54, 1.807) is 0 Å². The Morgan fingerprint density at radius 3 is 3.25 bits per heavy atom. The van der Waals surface area contributed by atoms with Gasteiger partial charge in [0.25, 0.3) is 0 Å². The van der Waals surface area contributed by atoms with Gasteiger partial charge in [0, 0.05) is 17.3 Å². The first-order valence-corrected chi connectivity index (χ1v) is 1.93. The van der Waals surface area contributed by atoms with Gasteiger partial charge in [-0.1, -0.05) is 13.8 Å². The van der Waals surface area contributed by atoms with Gasteiger partial charge in [-0.15, -0.1) is 0 Å². The fourth-order valence-corrected chi connectivity index (χ4v) is 0.147. The third-order valence-electron chi connectivity index (χ3n) is 0.357. The molecule has 0 heterocycles. The van der Waals surface area contributed by atoms with Crippen molar-refractivity contribution in [2.45, 2.75) is 26.5 Å². The number of rotatable bonds is 3. The summed E-state index contributed by atoms with van der Waals surface area (Å²) in [6.45, 7) is -2.49. The van der Waals surface area contributed by atoms with Crippen molar-refractivity contribution >= 4 is 5.97 Å². The summed E-state index contributed by atoms with van der Waals surface area (Å²) in [4.78, 5) is 10.6. The summed E-state index contributed by atoms with van der Waals surface area (Å²) in [6, 6.07) is 0. The van der Waals surface area contributed by atoms with Crippen LogP contribution in [-0.4, -0.2) is 11.1 Å². The minimum Gasteiger partial charge on any atom is -0.481 e. The van der Waals surface area contributed by atoms with Crippen LogP contribution >= 0.6 is 0 Å². The number of carbonyl (C=O) groups is 1. The van der Waals surface area contributed by atoms with E-state index in [4.69, 9.17) is 16.1 Å². The van der Waals surface area contributed by atoms with E-state index in [9.17, 15) is 4.79 Å². The van der Waals surface area contributed by atoms with Gasteiger partial charge in [-0.05, 0) is 12.3 Å². The summed E-state index contributed by atoms with van der Waals surface area (Å²) >= 11 is 0. The maximum Gasteiger partial charge on any atom is 0.303 e. The molecule has 0 saturated carbocycles. The molecule has 0 aliphatic rings. The van der Waals surface area contributed by atoms with Gasteiger partial charge in [0.15, 0.2) is 0 Å². The van der Waals surface area contributed by atoms with Gasteiger partial charge in [0.05, 0.1) is 0 Å². The van der Waals surface area contributed by atoms with Crippen LogP contribution in [0.1, 0.15) is 37.5 Å². The first-order valence-electron chi connectivity index (χ1n) is 5.93. The molecule has 2 heteroatoms. The minimum absolute atomic E-state index is 0.654. The fraction of sp³-hybridized carbons (Fsp3) is 0.833. The van der Waals surface area contributed by atoms with E-state index in [0.29, 0.717) is 6.92 Å². The van der Waals surface area contributed by atoms with Gasteiger partial charge < -0.3 is 5.11 Å². The Kier molecular flexibility index (Phi) is 0.648. The third-order valence-corrected chi connectivity index (χ3v) is 0.357. The molecule has 0 rings (SSSR count). The summed E-state index contributed by atoms with van der Waals surface area (Å²) in [5.74, 6) is -5.01. The van der Waals surface area contributed by atoms with Gasteiger partial charge in [-0.3, -0.25) is 4.79 Å². The fourth-order valence-electron chi connectivity index (χ4n) is 0.147. The number of hydrogen-bond acceptors (Lipinski definition) is 1. The molecule has 1 N–H and O–H groups in total. The number of hydrogen-bond donors (Lipinski definition) is 1. The smallest absolute Gasteiger partial charge is 0.303 e. The number of carboxylic acid groups (broad SMARTS) is 1. The van der Waals surface area contributed by atoms with Crippen LogP contribution < -0.4 is 0 Å². The average molecular weight is 124 g/mol. The molecule has 0 fully saturated rings. The van der Waals surface area contributed by atoms with E-state index in [-0.39, 0.29) is 0 Å². The van der Waals surface area contributed by atoms with Crippen LogP contribution in [0.25, 0.3) is 0 Å². The number of carboxylic acids is 1. The summed E-state index contributed by atoms with van der Waals surface area (Å²) in [7, 11) is 0. The Morgan fingerprint density at radius 2 is 2.88 bits per heavy atom. The maximum atomic E-state index is 10.6. The van der Waals surface area contributed by atoms with Gasteiger partial charge in [-0.2, -0.15) is 0 Å². The predicted molar refractivity (Wildman–Crippen MR) is 31.7 cm³/mol. The van der Waals surface area contributed by atoms with Crippen molar-refractivity contribution in [1.82, 2.24) is 0 Å². The molecule has 0 aliphatic heterocycles. The Labute approximate surface area is 60.8 Å². The van der Waals surface area contributed by atoms with Crippen LogP contribution in [0.2, 0.25) is 0 Å². The van der Waals surface area contributed by atoms with E-state index >= 15 is 0 Å². The Morgan fingerprint density at radius 1 is 2.25 bits per heavy atom. The van der Waals surface area contributed by atoms with Crippen LogP contribution in [-0.2, 0) is 4.79 Å². The minimum atomic E-state index is -3.46. The lowest BCUT2D eigenvalue weighted by Gasteiger charge is -1.97. The molecule has 0 aromatic carbocycles. The van der Waals surface area contributed by atoms with Gasteiger partial charge in [0.2, 0.25) is 0 Å². The lowest BCUT2D eigenvalue weighted by Crippen LogP contribution is -1.97. The van der Waals surface area contributed by atoms with Crippen LogP contribution in [0.4, 0.5) is 0 Å². The Balaban J connectivity index is 5.62. The molecule has 0 bridgehead atoms. The van der Waals surface area contributed by atoms with E-state index < -0.39 is 31.5 Å². The molecule has 0 aliphatic carbocycles. The van der Waals surface area contributed by atoms with Crippen molar-refractivity contribution in [3.63, 3.8) is 0 Å². The molecule has 0 aromatic heterocycles. The highest BCUT2D eigenvalue weighted by Gasteiger charge is 1.97. The number of aliphatic carboxylic acids is 1. The standard InChI is InChI=1S/C6H12O2/c1-5(2)3-4-6(7)8/h5H,3-4H2,1-2H3,(H,7,8)/i1D3,3D2,4D2,5D. The third kappa shape index (κ3) is 5.47. The van der Waals surface area contributed by atoms with Crippen molar-refractivity contribution in [1.29, 1.82) is 0 Å². The zero-order valence-electron chi connectivity index (χ0n) is 12.4. The van der Waals surface area contributed by atoms with Gasteiger partial charge in [0.1, 0.15) is 0 Å². The second-order valence-corrected chi connectivity index (χ2v) is 1.18. The van der Waals surface area contributed by atoms with Crippen molar-refractivity contribution in [2.24, 2.45) is 5.89 Å². The predicted octanol–water partition coefficient (Wildman–Crippen LogP) is 1.51. The zero-order chi connectivity index (χ0) is 13.6. The summed E-state index contributed by atoms with van der Waals surface area (Å²) in [5, 5.41) is 8.52. The summed E-state index contributed by atoms with van der Waals surface area (Å²) < 4.78 is 56.9.